The number of benzene rings is 2. The fourth-order valence-electron chi connectivity index (χ4n) is 2.91. The Morgan fingerprint density at radius 1 is 1.17 bits per heavy atom. The number of carbonyl (C=O) groups excluding carboxylic acids is 1. The van der Waals surface area contributed by atoms with Crippen molar-refractivity contribution in [1.82, 2.24) is 20.2 Å². The lowest BCUT2D eigenvalue weighted by atomic mass is 10.1. The van der Waals surface area contributed by atoms with E-state index in [1.54, 1.807) is 53.7 Å². The summed E-state index contributed by atoms with van der Waals surface area (Å²) in [5.74, 6) is 1.23. The van der Waals surface area contributed by atoms with Crippen molar-refractivity contribution in [2.45, 2.75) is 19.0 Å². The van der Waals surface area contributed by atoms with Gasteiger partial charge in [0.05, 0.1) is 11.3 Å². The summed E-state index contributed by atoms with van der Waals surface area (Å²) in [4.78, 5) is 12.7. The van der Waals surface area contributed by atoms with Crippen LogP contribution in [-0.2, 0) is 0 Å². The highest BCUT2D eigenvalue weighted by molar-refractivity contribution is 7.99. The number of furan rings is 1. The number of amides is 1. The van der Waals surface area contributed by atoms with Gasteiger partial charge >= 0.3 is 0 Å². The molecule has 9 heteroatoms. The van der Waals surface area contributed by atoms with E-state index in [0.717, 1.165) is 11.4 Å². The highest BCUT2D eigenvalue weighted by atomic mass is 32.2. The Morgan fingerprint density at radius 2 is 1.90 bits per heavy atom. The van der Waals surface area contributed by atoms with Crippen LogP contribution in [0, 0.1) is 12.7 Å². The fourth-order valence-corrected chi connectivity index (χ4v) is 3.53. The van der Waals surface area contributed by atoms with Gasteiger partial charge in [-0.25, -0.2) is 4.39 Å². The molecular weight excluding hydrogens is 405 g/mol. The molecule has 0 unspecified atom stereocenters. The molecule has 152 valence electrons. The Bertz CT molecular complexity index is 1170. The van der Waals surface area contributed by atoms with Crippen LogP contribution in [0.5, 0.6) is 0 Å². The third kappa shape index (κ3) is 4.11. The molecular formula is C21H18FN5O2S. The molecule has 1 amide bonds. The van der Waals surface area contributed by atoms with Crippen LogP contribution in [0.4, 0.5) is 10.1 Å². The van der Waals surface area contributed by atoms with Gasteiger partial charge in [0.2, 0.25) is 5.16 Å². The second kappa shape index (κ2) is 8.50. The monoisotopic (exact) mass is 423 g/mol. The molecule has 0 aliphatic carbocycles. The Labute approximate surface area is 176 Å². The second-order valence-corrected chi connectivity index (χ2v) is 7.63. The third-order valence-electron chi connectivity index (χ3n) is 4.38. The third-order valence-corrected chi connectivity index (χ3v) is 5.18. The van der Waals surface area contributed by atoms with Crippen molar-refractivity contribution in [3.8, 4) is 17.0 Å². The Kier molecular flexibility index (Phi) is 5.62. The lowest BCUT2D eigenvalue weighted by molar-refractivity contribution is 0.102. The molecule has 1 N–H and O–H groups in total. The van der Waals surface area contributed by atoms with E-state index in [2.05, 4.69) is 20.8 Å². The van der Waals surface area contributed by atoms with Crippen molar-refractivity contribution in [2.24, 2.45) is 0 Å². The Balaban J connectivity index is 1.50. The zero-order valence-electron chi connectivity index (χ0n) is 16.3. The molecule has 2 heterocycles. The topological polar surface area (TPSA) is 85.8 Å². The van der Waals surface area contributed by atoms with Crippen LogP contribution < -0.4 is 5.32 Å². The lowest BCUT2D eigenvalue weighted by Gasteiger charge is -2.07. The van der Waals surface area contributed by atoms with E-state index in [1.807, 2.05) is 19.1 Å². The summed E-state index contributed by atoms with van der Waals surface area (Å²) in [6.45, 7) is 3.75. The number of hydrogen-bond acceptors (Lipinski definition) is 6. The minimum absolute atomic E-state index is 0.290. The van der Waals surface area contributed by atoms with E-state index in [0.29, 0.717) is 33.5 Å². The lowest BCUT2D eigenvalue weighted by Crippen LogP contribution is -2.12. The molecule has 0 aliphatic rings. The van der Waals surface area contributed by atoms with Gasteiger partial charge in [0.25, 0.3) is 5.91 Å². The van der Waals surface area contributed by atoms with Crippen molar-refractivity contribution in [1.29, 1.82) is 0 Å². The first-order valence-electron chi connectivity index (χ1n) is 9.24. The van der Waals surface area contributed by atoms with Crippen LogP contribution >= 0.6 is 11.8 Å². The van der Waals surface area contributed by atoms with E-state index in [9.17, 15) is 9.18 Å². The van der Waals surface area contributed by atoms with Gasteiger partial charge in [0, 0.05) is 11.3 Å². The van der Waals surface area contributed by atoms with Crippen LogP contribution in [-0.4, -0.2) is 31.9 Å². The summed E-state index contributed by atoms with van der Waals surface area (Å²) in [7, 11) is 0. The molecule has 0 bridgehead atoms. The fraction of sp³-hybridized carbons (Fsp3) is 0.143. The molecule has 4 aromatic rings. The number of anilines is 1. The average molecular weight is 423 g/mol. The summed E-state index contributed by atoms with van der Waals surface area (Å²) in [6.07, 6.45) is 0. The van der Waals surface area contributed by atoms with Crippen molar-refractivity contribution >= 4 is 23.4 Å². The predicted octanol–water partition coefficient (Wildman–Crippen LogP) is 4.73. The first-order valence-corrected chi connectivity index (χ1v) is 10.2. The number of rotatable bonds is 6. The maximum absolute atomic E-state index is 13.1. The van der Waals surface area contributed by atoms with Gasteiger partial charge in [0.1, 0.15) is 17.3 Å². The molecule has 0 spiro atoms. The van der Waals surface area contributed by atoms with Crippen molar-refractivity contribution in [2.75, 3.05) is 11.1 Å². The number of halogens is 1. The number of carbonyl (C=O) groups is 1. The van der Waals surface area contributed by atoms with Crippen LogP contribution in [0.2, 0.25) is 0 Å². The van der Waals surface area contributed by atoms with Crippen LogP contribution in [0.1, 0.15) is 23.0 Å². The average Bonchev–Trinajstić information content (AvgIpc) is 3.36. The molecule has 0 atom stereocenters. The molecule has 0 aliphatic heterocycles. The maximum Gasteiger partial charge on any atom is 0.259 e. The van der Waals surface area contributed by atoms with E-state index >= 15 is 0 Å². The number of tetrazole rings is 1. The molecule has 2 aromatic carbocycles. The normalized spacial score (nSPS) is 10.9. The van der Waals surface area contributed by atoms with Gasteiger partial charge in [-0.3, -0.25) is 4.79 Å². The number of aromatic nitrogens is 4. The van der Waals surface area contributed by atoms with Gasteiger partial charge in [-0.15, -0.1) is 5.10 Å². The number of thioether (sulfide) groups is 1. The number of nitrogens with zero attached hydrogens (tertiary/aromatic N) is 4. The standard InChI is InChI=1S/C21H18FN5O2S/c1-3-30-21-24-25-26-27(21)17-10-8-16(9-11-17)23-20(28)18-12-19(29-13(18)2)14-4-6-15(22)7-5-14/h4-12H,3H2,1-2H3,(H,23,28). The van der Waals surface area contributed by atoms with Gasteiger partial charge in [-0.1, -0.05) is 18.7 Å². The van der Waals surface area contributed by atoms with E-state index in [4.69, 9.17) is 4.42 Å². The zero-order valence-corrected chi connectivity index (χ0v) is 17.1. The van der Waals surface area contributed by atoms with Crippen LogP contribution in [0.3, 0.4) is 0 Å². The second-order valence-electron chi connectivity index (χ2n) is 6.39. The maximum atomic E-state index is 13.1. The Morgan fingerprint density at radius 3 is 2.60 bits per heavy atom. The van der Waals surface area contributed by atoms with E-state index in [-0.39, 0.29) is 11.7 Å². The SMILES string of the molecule is CCSc1nnnn1-c1ccc(NC(=O)c2cc(-c3ccc(F)cc3)oc2C)cc1. The summed E-state index contributed by atoms with van der Waals surface area (Å²) in [6, 6.07) is 14.8. The molecule has 0 saturated carbocycles. The number of hydrogen-bond donors (Lipinski definition) is 1. The number of aryl methyl sites for hydroxylation is 1. The van der Waals surface area contributed by atoms with Gasteiger partial charge in [0.15, 0.2) is 0 Å². The molecule has 2 aromatic heterocycles. The van der Waals surface area contributed by atoms with Crippen LogP contribution in [0.25, 0.3) is 17.0 Å². The molecule has 0 fully saturated rings. The van der Waals surface area contributed by atoms with Gasteiger partial charge in [-0.05, 0) is 77.7 Å². The first-order chi connectivity index (χ1) is 14.5. The zero-order chi connectivity index (χ0) is 21.1. The Hall–Kier alpha value is -3.46. The molecule has 4 rings (SSSR count). The summed E-state index contributed by atoms with van der Waals surface area (Å²) < 4.78 is 20.5. The van der Waals surface area contributed by atoms with Crippen molar-refractivity contribution in [3.63, 3.8) is 0 Å². The molecule has 0 radical (unpaired) electrons. The number of nitrogens with one attached hydrogen (secondary N) is 1. The largest absolute Gasteiger partial charge is 0.461 e. The van der Waals surface area contributed by atoms with Crippen LogP contribution in [0.15, 0.2) is 64.2 Å². The minimum atomic E-state index is -0.328. The highest BCUT2D eigenvalue weighted by Gasteiger charge is 2.16. The van der Waals surface area contributed by atoms with E-state index in [1.165, 1.54) is 12.1 Å². The summed E-state index contributed by atoms with van der Waals surface area (Å²) in [5.41, 5.74) is 2.54. The smallest absolute Gasteiger partial charge is 0.259 e. The van der Waals surface area contributed by atoms with Gasteiger partial charge < -0.3 is 9.73 Å². The molecule has 7 nitrogen and oxygen atoms in total. The minimum Gasteiger partial charge on any atom is -0.461 e. The highest BCUT2D eigenvalue weighted by Crippen LogP contribution is 2.26. The molecule has 0 saturated heterocycles. The predicted molar refractivity (Wildman–Crippen MR) is 112 cm³/mol. The van der Waals surface area contributed by atoms with Gasteiger partial charge in [-0.2, -0.15) is 4.68 Å². The molecule has 30 heavy (non-hydrogen) atoms. The first kappa shape index (κ1) is 19.8. The van der Waals surface area contributed by atoms with E-state index < -0.39 is 0 Å². The van der Waals surface area contributed by atoms with Crippen molar-refractivity contribution < 1.29 is 13.6 Å². The summed E-state index contributed by atoms with van der Waals surface area (Å²) >= 11 is 1.54. The summed E-state index contributed by atoms with van der Waals surface area (Å²) in [5, 5.41) is 15.3. The quantitative estimate of drug-likeness (QED) is 0.451. The van der Waals surface area contributed by atoms with Crippen molar-refractivity contribution in [3.05, 3.63) is 71.7 Å².